The number of benzene rings is 2. The molecule has 0 saturated carbocycles. The van der Waals surface area contributed by atoms with Gasteiger partial charge in [-0.15, -0.1) is 0 Å². The van der Waals surface area contributed by atoms with Crippen molar-refractivity contribution in [3.63, 3.8) is 0 Å². The molecule has 126 valence electrons. The van der Waals surface area contributed by atoms with Gasteiger partial charge in [0.25, 0.3) is 5.91 Å². The van der Waals surface area contributed by atoms with Gasteiger partial charge in [0.2, 0.25) is 5.75 Å². The van der Waals surface area contributed by atoms with Crippen molar-refractivity contribution in [2.24, 2.45) is 0 Å². The van der Waals surface area contributed by atoms with Crippen molar-refractivity contribution in [2.75, 3.05) is 13.2 Å². The van der Waals surface area contributed by atoms with E-state index < -0.39 is 4.92 Å². The predicted octanol–water partition coefficient (Wildman–Crippen LogP) is 3.15. The van der Waals surface area contributed by atoms with Crippen LogP contribution in [0, 0.1) is 10.1 Å². The largest absolute Gasteiger partial charge is 0.450 e. The van der Waals surface area contributed by atoms with Crippen LogP contribution in [0.25, 0.3) is 0 Å². The summed E-state index contributed by atoms with van der Waals surface area (Å²) in [4.78, 5) is 22.3. The SMILES string of the molecule is O=C(NCCCO)c1ccc(Oc2ccc(Cl)cc2[N+](=O)[O-])cc1. The van der Waals surface area contributed by atoms with Gasteiger partial charge in [0, 0.05) is 29.8 Å². The Labute approximate surface area is 143 Å². The number of hydrogen-bond donors (Lipinski definition) is 2. The zero-order chi connectivity index (χ0) is 17.5. The van der Waals surface area contributed by atoms with Crippen LogP contribution in [0.3, 0.4) is 0 Å². The van der Waals surface area contributed by atoms with Crippen LogP contribution >= 0.6 is 11.6 Å². The highest BCUT2D eigenvalue weighted by molar-refractivity contribution is 6.30. The van der Waals surface area contributed by atoms with Gasteiger partial charge in [0.15, 0.2) is 0 Å². The smallest absolute Gasteiger partial charge is 0.313 e. The second-order valence-electron chi connectivity index (χ2n) is 4.83. The number of hydrogen-bond acceptors (Lipinski definition) is 5. The average Bonchev–Trinajstić information content (AvgIpc) is 2.57. The van der Waals surface area contributed by atoms with E-state index in [2.05, 4.69) is 5.32 Å². The van der Waals surface area contributed by atoms with Crippen LogP contribution < -0.4 is 10.1 Å². The van der Waals surface area contributed by atoms with Gasteiger partial charge in [-0.3, -0.25) is 14.9 Å². The van der Waals surface area contributed by atoms with Gasteiger partial charge < -0.3 is 15.2 Å². The molecule has 0 saturated heterocycles. The minimum absolute atomic E-state index is 0.00687. The number of amides is 1. The van der Waals surface area contributed by atoms with Crippen molar-refractivity contribution in [1.82, 2.24) is 5.32 Å². The summed E-state index contributed by atoms with van der Waals surface area (Å²) in [5, 5.41) is 22.6. The molecule has 7 nitrogen and oxygen atoms in total. The monoisotopic (exact) mass is 350 g/mol. The van der Waals surface area contributed by atoms with Gasteiger partial charge in [-0.2, -0.15) is 0 Å². The van der Waals surface area contributed by atoms with Gasteiger partial charge in [-0.05, 0) is 42.8 Å². The van der Waals surface area contributed by atoms with Gasteiger partial charge in [-0.25, -0.2) is 0 Å². The van der Waals surface area contributed by atoms with E-state index in [0.29, 0.717) is 24.3 Å². The van der Waals surface area contributed by atoms with Crippen molar-refractivity contribution in [3.05, 3.63) is 63.2 Å². The Balaban J connectivity index is 2.09. The zero-order valence-corrected chi connectivity index (χ0v) is 13.3. The molecule has 0 aliphatic carbocycles. The van der Waals surface area contributed by atoms with Crippen LogP contribution in [-0.4, -0.2) is 29.1 Å². The quantitative estimate of drug-likeness (QED) is 0.453. The van der Waals surface area contributed by atoms with Gasteiger partial charge in [0.05, 0.1) is 4.92 Å². The number of nitrogens with one attached hydrogen (secondary N) is 1. The summed E-state index contributed by atoms with van der Waals surface area (Å²) in [6.07, 6.45) is 0.479. The topological polar surface area (TPSA) is 102 Å². The number of halogens is 1. The van der Waals surface area contributed by atoms with E-state index >= 15 is 0 Å². The van der Waals surface area contributed by atoms with E-state index in [1.807, 2.05) is 0 Å². The fourth-order valence-corrected chi connectivity index (χ4v) is 2.07. The number of carbonyl (C=O) groups excluding carboxylic acids is 1. The highest BCUT2D eigenvalue weighted by atomic mass is 35.5. The van der Waals surface area contributed by atoms with Gasteiger partial charge >= 0.3 is 5.69 Å². The Kier molecular flexibility index (Phi) is 6.11. The normalized spacial score (nSPS) is 10.2. The standard InChI is InChI=1S/C16H15ClN2O5/c17-12-4-7-15(14(10-12)19(22)23)24-13-5-2-11(3-6-13)16(21)18-8-1-9-20/h2-7,10,20H,1,8-9H2,(H,18,21). The number of aliphatic hydroxyl groups excluding tert-OH is 1. The number of nitrogens with zero attached hydrogens (tertiary/aromatic N) is 1. The number of nitro benzene ring substituents is 1. The third kappa shape index (κ3) is 4.68. The minimum atomic E-state index is -0.579. The van der Waals surface area contributed by atoms with E-state index in [4.69, 9.17) is 21.4 Å². The summed E-state index contributed by atoms with van der Waals surface area (Å²) in [6.45, 7) is 0.386. The number of nitro groups is 1. The lowest BCUT2D eigenvalue weighted by molar-refractivity contribution is -0.385. The fraction of sp³-hybridized carbons (Fsp3) is 0.188. The van der Waals surface area contributed by atoms with Crippen molar-refractivity contribution in [2.45, 2.75) is 6.42 Å². The van der Waals surface area contributed by atoms with Crippen molar-refractivity contribution in [1.29, 1.82) is 0 Å². The summed E-state index contributed by atoms with van der Waals surface area (Å²) < 4.78 is 5.49. The maximum atomic E-state index is 11.8. The molecule has 2 aromatic carbocycles. The molecule has 2 aromatic rings. The van der Waals surface area contributed by atoms with Crippen molar-refractivity contribution in [3.8, 4) is 11.5 Å². The second-order valence-corrected chi connectivity index (χ2v) is 5.27. The van der Waals surface area contributed by atoms with E-state index in [1.165, 1.54) is 18.2 Å². The van der Waals surface area contributed by atoms with Crippen LogP contribution in [0.15, 0.2) is 42.5 Å². The van der Waals surface area contributed by atoms with E-state index in [9.17, 15) is 14.9 Å². The first-order valence-electron chi connectivity index (χ1n) is 7.12. The molecule has 0 unspecified atom stereocenters. The molecule has 0 aliphatic heterocycles. The molecular weight excluding hydrogens is 336 g/mol. The summed E-state index contributed by atoms with van der Waals surface area (Å²) in [5.74, 6) is 0.143. The molecule has 0 radical (unpaired) electrons. The Morgan fingerprint density at radius 2 is 1.96 bits per heavy atom. The summed E-state index contributed by atoms with van der Waals surface area (Å²) in [7, 11) is 0. The molecule has 1 amide bonds. The number of ether oxygens (including phenoxy) is 1. The van der Waals surface area contributed by atoms with Crippen LogP contribution in [0.2, 0.25) is 5.02 Å². The maximum Gasteiger partial charge on any atom is 0.313 e. The van der Waals surface area contributed by atoms with Crippen molar-refractivity contribution >= 4 is 23.2 Å². The molecule has 2 rings (SSSR count). The second kappa shape index (κ2) is 8.28. The number of rotatable bonds is 7. The van der Waals surface area contributed by atoms with E-state index in [1.54, 1.807) is 24.3 Å². The summed E-state index contributed by atoms with van der Waals surface area (Å²) >= 11 is 5.75. The number of aliphatic hydroxyl groups is 1. The molecule has 0 atom stereocenters. The molecule has 0 heterocycles. The molecule has 8 heteroatoms. The third-order valence-corrected chi connectivity index (χ3v) is 3.32. The molecular formula is C16H15ClN2O5. The molecule has 2 N–H and O–H groups in total. The van der Waals surface area contributed by atoms with Crippen LogP contribution in [-0.2, 0) is 0 Å². The Bertz CT molecular complexity index is 734. The molecule has 0 fully saturated rings. The zero-order valence-electron chi connectivity index (χ0n) is 12.6. The van der Waals surface area contributed by atoms with Crippen LogP contribution in [0.1, 0.15) is 16.8 Å². The van der Waals surface area contributed by atoms with E-state index in [-0.39, 0.29) is 29.0 Å². The lowest BCUT2D eigenvalue weighted by Gasteiger charge is -2.08. The van der Waals surface area contributed by atoms with Crippen LogP contribution in [0.5, 0.6) is 11.5 Å². The number of carbonyl (C=O) groups is 1. The summed E-state index contributed by atoms with van der Waals surface area (Å²) in [5.41, 5.74) is 0.180. The lowest BCUT2D eigenvalue weighted by atomic mass is 10.2. The Morgan fingerprint density at radius 3 is 2.58 bits per heavy atom. The molecule has 0 aliphatic rings. The first kappa shape index (κ1) is 17.7. The first-order chi connectivity index (χ1) is 11.5. The lowest BCUT2D eigenvalue weighted by Crippen LogP contribution is -2.24. The highest BCUT2D eigenvalue weighted by Gasteiger charge is 2.16. The Hall–Kier alpha value is -2.64. The fourth-order valence-electron chi connectivity index (χ4n) is 1.90. The molecule has 0 spiro atoms. The van der Waals surface area contributed by atoms with Crippen molar-refractivity contribution < 1.29 is 19.6 Å². The average molecular weight is 351 g/mol. The van der Waals surface area contributed by atoms with Gasteiger partial charge in [0.1, 0.15) is 5.75 Å². The minimum Gasteiger partial charge on any atom is -0.450 e. The van der Waals surface area contributed by atoms with Crippen LogP contribution in [0.4, 0.5) is 5.69 Å². The first-order valence-corrected chi connectivity index (χ1v) is 7.50. The molecule has 0 aromatic heterocycles. The molecule has 24 heavy (non-hydrogen) atoms. The predicted molar refractivity (Wildman–Crippen MR) is 88.7 cm³/mol. The maximum absolute atomic E-state index is 11.8. The Morgan fingerprint density at radius 1 is 1.25 bits per heavy atom. The third-order valence-electron chi connectivity index (χ3n) is 3.08. The summed E-state index contributed by atoms with van der Waals surface area (Å²) in [6, 6.07) is 10.3. The molecule has 0 bridgehead atoms. The van der Waals surface area contributed by atoms with E-state index in [0.717, 1.165) is 0 Å². The highest BCUT2D eigenvalue weighted by Crippen LogP contribution is 2.33. The van der Waals surface area contributed by atoms with Gasteiger partial charge in [-0.1, -0.05) is 11.6 Å².